The minimum atomic E-state index is -1.04. The highest BCUT2D eigenvalue weighted by molar-refractivity contribution is 8.18. The molecule has 0 aromatic heterocycles. The quantitative estimate of drug-likeness (QED) is 0.565. The first-order valence-corrected chi connectivity index (χ1v) is 9.58. The predicted molar refractivity (Wildman–Crippen MR) is 116 cm³/mol. The summed E-state index contributed by atoms with van der Waals surface area (Å²) >= 11 is 1.20. The van der Waals surface area contributed by atoms with E-state index in [0.29, 0.717) is 27.3 Å². The van der Waals surface area contributed by atoms with Gasteiger partial charge in [0.15, 0.2) is 16.7 Å². The number of benzene rings is 2. The highest BCUT2D eigenvalue weighted by Crippen LogP contribution is 2.35. The van der Waals surface area contributed by atoms with Crippen molar-refractivity contribution in [1.29, 1.82) is 0 Å². The summed E-state index contributed by atoms with van der Waals surface area (Å²) in [6.45, 7) is 0.124. The van der Waals surface area contributed by atoms with Gasteiger partial charge in [0.25, 0.3) is 5.91 Å². The first-order chi connectivity index (χ1) is 14.4. The Morgan fingerprint density at radius 3 is 2.80 bits per heavy atom. The second-order valence-electron chi connectivity index (χ2n) is 6.13. The lowest BCUT2D eigenvalue weighted by Gasteiger charge is -2.09. The van der Waals surface area contributed by atoms with Crippen LogP contribution in [0.1, 0.15) is 15.9 Å². The van der Waals surface area contributed by atoms with Crippen LogP contribution in [0.4, 0.5) is 5.69 Å². The summed E-state index contributed by atoms with van der Waals surface area (Å²) in [4.78, 5) is 30.1. The van der Waals surface area contributed by atoms with Crippen LogP contribution in [0.25, 0.3) is 6.08 Å². The molecule has 0 bridgehead atoms. The third kappa shape index (κ3) is 4.64. The average Bonchev–Trinajstić information content (AvgIpc) is 3.00. The van der Waals surface area contributed by atoms with Crippen molar-refractivity contribution in [3.05, 3.63) is 58.5 Å². The van der Waals surface area contributed by atoms with Crippen LogP contribution in [0.2, 0.25) is 0 Å². The molecule has 7 nitrogen and oxygen atoms in total. The number of carboxylic acids is 1. The van der Waals surface area contributed by atoms with Crippen molar-refractivity contribution < 1.29 is 24.2 Å². The zero-order valence-electron chi connectivity index (χ0n) is 16.3. The van der Waals surface area contributed by atoms with Crippen molar-refractivity contribution in [1.82, 2.24) is 4.90 Å². The number of hydrogen-bond donors (Lipinski definition) is 1. The Bertz CT molecular complexity index is 1100. The number of rotatable bonds is 6. The summed E-state index contributed by atoms with van der Waals surface area (Å²) in [6, 6.07) is 11.5. The van der Waals surface area contributed by atoms with E-state index in [4.69, 9.17) is 21.0 Å². The summed E-state index contributed by atoms with van der Waals surface area (Å²) < 4.78 is 10.8. The fourth-order valence-corrected chi connectivity index (χ4v) is 3.62. The molecule has 2 aromatic rings. The zero-order valence-corrected chi connectivity index (χ0v) is 17.1. The van der Waals surface area contributed by atoms with E-state index in [-0.39, 0.29) is 18.1 Å². The molecule has 0 radical (unpaired) electrons. The van der Waals surface area contributed by atoms with Gasteiger partial charge in [0, 0.05) is 7.05 Å². The van der Waals surface area contributed by atoms with Crippen molar-refractivity contribution in [2.24, 2.45) is 4.99 Å². The number of carboxylic acid groups (broad SMARTS) is 1. The van der Waals surface area contributed by atoms with E-state index in [1.54, 1.807) is 43.5 Å². The normalized spacial score (nSPS) is 16.0. The minimum Gasteiger partial charge on any atom is -0.493 e. The third-order valence-corrected chi connectivity index (χ3v) is 5.18. The van der Waals surface area contributed by atoms with Crippen LogP contribution < -0.4 is 9.47 Å². The van der Waals surface area contributed by atoms with Crippen LogP contribution in [0.15, 0.2) is 52.4 Å². The Labute approximate surface area is 178 Å². The first kappa shape index (κ1) is 21.0. The van der Waals surface area contributed by atoms with Crippen LogP contribution in [0.3, 0.4) is 0 Å². The summed E-state index contributed by atoms with van der Waals surface area (Å²) in [5.41, 5.74) is 1.33. The van der Waals surface area contributed by atoms with Gasteiger partial charge in [0.1, 0.15) is 6.61 Å². The molecule has 1 amide bonds. The molecule has 1 aliphatic rings. The maximum Gasteiger partial charge on any atom is 0.335 e. The molecule has 0 spiro atoms. The summed E-state index contributed by atoms with van der Waals surface area (Å²) in [7, 11) is 3.14. The zero-order chi connectivity index (χ0) is 21.7. The molecule has 1 fully saturated rings. The number of terminal acetylenes is 1. The van der Waals surface area contributed by atoms with Crippen molar-refractivity contribution in [3.63, 3.8) is 0 Å². The lowest BCUT2D eigenvalue weighted by atomic mass is 10.2. The number of ether oxygens (including phenoxy) is 2. The molecule has 30 heavy (non-hydrogen) atoms. The van der Waals surface area contributed by atoms with E-state index in [0.717, 1.165) is 5.56 Å². The minimum absolute atomic E-state index is 0.124. The molecule has 3 rings (SSSR count). The van der Waals surface area contributed by atoms with E-state index in [1.165, 1.54) is 35.9 Å². The van der Waals surface area contributed by atoms with Gasteiger partial charge in [-0.1, -0.05) is 18.1 Å². The fraction of sp³-hybridized carbons (Fsp3) is 0.136. The molecule has 1 N–H and O–H groups in total. The smallest absolute Gasteiger partial charge is 0.335 e. The maximum atomic E-state index is 12.6. The molecular weight excluding hydrogens is 404 g/mol. The molecular formula is C22H18N2O5S. The summed E-state index contributed by atoms with van der Waals surface area (Å²) in [6.07, 6.45) is 6.95. The van der Waals surface area contributed by atoms with E-state index >= 15 is 0 Å². The first-order valence-electron chi connectivity index (χ1n) is 8.77. The second-order valence-corrected chi connectivity index (χ2v) is 7.14. The topological polar surface area (TPSA) is 88.4 Å². The number of nitrogens with zero attached hydrogens (tertiary/aromatic N) is 2. The van der Waals surface area contributed by atoms with E-state index in [2.05, 4.69) is 10.9 Å². The van der Waals surface area contributed by atoms with Crippen LogP contribution in [-0.4, -0.2) is 47.8 Å². The van der Waals surface area contributed by atoms with Gasteiger partial charge in [-0.25, -0.2) is 9.79 Å². The number of hydrogen-bond acceptors (Lipinski definition) is 6. The molecule has 1 heterocycles. The molecule has 0 aliphatic carbocycles. The van der Waals surface area contributed by atoms with Crippen LogP contribution in [0, 0.1) is 12.3 Å². The van der Waals surface area contributed by atoms with Gasteiger partial charge in [-0.2, -0.15) is 0 Å². The van der Waals surface area contributed by atoms with Crippen LogP contribution in [0.5, 0.6) is 11.5 Å². The average molecular weight is 422 g/mol. The molecule has 0 saturated carbocycles. The monoisotopic (exact) mass is 422 g/mol. The Hall–Kier alpha value is -3.70. The fourth-order valence-electron chi connectivity index (χ4n) is 2.63. The van der Waals surface area contributed by atoms with Crippen molar-refractivity contribution in [3.8, 4) is 23.8 Å². The van der Waals surface area contributed by atoms with E-state index in [9.17, 15) is 9.59 Å². The number of carbonyl (C=O) groups is 2. The number of carbonyl (C=O) groups excluding carboxylic acids is 1. The second kappa shape index (κ2) is 9.20. The Morgan fingerprint density at radius 2 is 2.10 bits per heavy atom. The van der Waals surface area contributed by atoms with E-state index < -0.39 is 5.97 Å². The standard InChI is InChI=1S/C22H18N2O5S/c1-4-10-29-17-9-8-14(11-18(17)28-3)12-19-20(25)24(2)22(30-19)23-16-7-5-6-15(13-16)21(26)27/h1,5-9,11-13H,10H2,2-3H3,(H,26,27)/b19-12-,23-22?. The molecule has 0 atom stereocenters. The molecule has 152 valence electrons. The Morgan fingerprint density at radius 1 is 1.30 bits per heavy atom. The van der Waals surface area contributed by atoms with Gasteiger partial charge in [-0.15, -0.1) is 6.42 Å². The molecule has 0 unspecified atom stereocenters. The van der Waals surface area contributed by atoms with E-state index in [1.807, 2.05) is 0 Å². The molecule has 2 aromatic carbocycles. The third-order valence-electron chi connectivity index (χ3n) is 4.12. The van der Waals surface area contributed by atoms with Crippen molar-refractivity contribution >= 4 is 40.6 Å². The molecule has 8 heteroatoms. The highest BCUT2D eigenvalue weighted by Gasteiger charge is 2.30. The van der Waals surface area contributed by atoms with Crippen LogP contribution in [-0.2, 0) is 4.79 Å². The van der Waals surface area contributed by atoms with Gasteiger partial charge in [-0.3, -0.25) is 9.69 Å². The molecule has 1 aliphatic heterocycles. The van der Waals surface area contributed by atoms with Gasteiger partial charge in [-0.05, 0) is 53.7 Å². The number of amidine groups is 1. The number of aliphatic imine (C=N–C) groups is 1. The number of amides is 1. The SMILES string of the molecule is C#CCOc1ccc(/C=C2\SC(=Nc3cccc(C(=O)O)c3)N(C)C2=O)cc1OC. The maximum absolute atomic E-state index is 12.6. The number of likely N-dealkylation sites (N-methyl/N-ethyl adjacent to an activating group) is 1. The largest absolute Gasteiger partial charge is 0.493 e. The van der Waals surface area contributed by atoms with Crippen LogP contribution >= 0.6 is 11.8 Å². The molecule has 1 saturated heterocycles. The van der Waals surface area contributed by atoms with Crippen molar-refractivity contribution in [2.45, 2.75) is 0 Å². The number of thioether (sulfide) groups is 1. The Kier molecular flexibility index (Phi) is 6.45. The van der Waals surface area contributed by atoms with Gasteiger partial charge >= 0.3 is 5.97 Å². The summed E-state index contributed by atoms with van der Waals surface area (Å²) in [5, 5.41) is 9.58. The predicted octanol–water partition coefficient (Wildman–Crippen LogP) is 3.64. The number of methoxy groups -OCH3 is 1. The Balaban J connectivity index is 1.87. The number of aromatic carboxylic acids is 1. The van der Waals surface area contributed by atoms with Gasteiger partial charge < -0.3 is 14.6 Å². The van der Waals surface area contributed by atoms with Gasteiger partial charge in [0.05, 0.1) is 23.3 Å². The van der Waals surface area contributed by atoms with Crippen molar-refractivity contribution in [2.75, 3.05) is 20.8 Å². The highest BCUT2D eigenvalue weighted by atomic mass is 32.2. The lowest BCUT2D eigenvalue weighted by molar-refractivity contribution is -0.121. The summed E-state index contributed by atoms with van der Waals surface area (Å²) in [5.74, 6) is 2.17. The van der Waals surface area contributed by atoms with Gasteiger partial charge in [0.2, 0.25) is 0 Å². The lowest BCUT2D eigenvalue weighted by Crippen LogP contribution is -2.23.